The maximum atomic E-state index is 12.3. The van der Waals surface area contributed by atoms with Gasteiger partial charge in [-0.25, -0.2) is 0 Å². The van der Waals surface area contributed by atoms with E-state index in [0.717, 1.165) is 5.69 Å². The minimum Gasteiger partial charge on any atom is -0.369 e. The Balaban J connectivity index is 2.10. The number of nitrogens with zero attached hydrogens (tertiary/aromatic N) is 3. The van der Waals surface area contributed by atoms with E-state index in [-0.39, 0.29) is 11.4 Å². The molecule has 2 aromatic rings. The molecule has 1 amide bonds. The number of carbonyl (C=O) groups is 1. The van der Waals surface area contributed by atoms with Gasteiger partial charge < -0.3 is 14.8 Å². The lowest BCUT2D eigenvalue weighted by Crippen LogP contribution is -2.27. The zero-order valence-corrected chi connectivity index (χ0v) is 15.1. The Morgan fingerprint density at radius 1 is 1.24 bits per heavy atom. The maximum absolute atomic E-state index is 12.3. The first-order valence-corrected chi connectivity index (χ1v) is 8.62. The molecule has 0 aliphatic heterocycles. The molecule has 1 aromatic heterocycles. The first kappa shape index (κ1) is 19.1. The summed E-state index contributed by atoms with van der Waals surface area (Å²) in [5.41, 5.74) is 1.63. The lowest BCUT2D eigenvalue weighted by Gasteiger charge is -2.23. The summed E-state index contributed by atoms with van der Waals surface area (Å²) in [4.78, 5) is 24.6. The SMILES string of the molecule is Cn1cc([N+](=O)[O-])cc1C(=O)Nc1ccc(N(CCCl)CCCl)cc1. The fourth-order valence-corrected chi connectivity index (χ4v) is 2.81. The number of hydrogen-bond donors (Lipinski definition) is 1. The Morgan fingerprint density at radius 2 is 1.84 bits per heavy atom. The fraction of sp³-hybridized carbons (Fsp3) is 0.312. The average molecular weight is 385 g/mol. The van der Waals surface area contributed by atoms with Crippen LogP contribution in [0.1, 0.15) is 10.5 Å². The number of rotatable bonds is 8. The number of hydrogen-bond acceptors (Lipinski definition) is 4. The minimum absolute atomic E-state index is 0.124. The van der Waals surface area contributed by atoms with E-state index in [1.165, 1.54) is 16.8 Å². The number of nitrogens with one attached hydrogen (secondary N) is 1. The molecule has 0 spiro atoms. The van der Waals surface area contributed by atoms with Crippen LogP contribution in [0.5, 0.6) is 0 Å². The van der Waals surface area contributed by atoms with Gasteiger partial charge in [0.2, 0.25) is 0 Å². The summed E-state index contributed by atoms with van der Waals surface area (Å²) in [6.45, 7) is 1.35. The molecule has 0 unspecified atom stereocenters. The van der Waals surface area contributed by atoms with Gasteiger partial charge in [0, 0.05) is 49.3 Å². The molecule has 9 heteroatoms. The normalized spacial score (nSPS) is 10.5. The quantitative estimate of drug-likeness (QED) is 0.429. The van der Waals surface area contributed by atoms with Gasteiger partial charge in [-0.1, -0.05) is 0 Å². The summed E-state index contributed by atoms with van der Waals surface area (Å²) in [7, 11) is 1.58. The van der Waals surface area contributed by atoms with Crippen molar-refractivity contribution >= 4 is 46.2 Å². The van der Waals surface area contributed by atoms with Crippen LogP contribution in [0.4, 0.5) is 17.1 Å². The number of nitro groups is 1. The third-order valence-corrected chi connectivity index (χ3v) is 3.97. The van der Waals surface area contributed by atoms with Crippen molar-refractivity contribution in [1.82, 2.24) is 4.57 Å². The van der Waals surface area contributed by atoms with Crippen molar-refractivity contribution in [2.24, 2.45) is 7.05 Å². The van der Waals surface area contributed by atoms with Gasteiger partial charge in [0.05, 0.1) is 11.1 Å². The van der Waals surface area contributed by atoms with Crippen LogP contribution in [0.25, 0.3) is 0 Å². The summed E-state index contributed by atoms with van der Waals surface area (Å²) < 4.78 is 1.42. The Hall–Kier alpha value is -2.25. The number of aromatic nitrogens is 1. The van der Waals surface area contributed by atoms with Crippen molar-refractivity contribution in [1.29, 1.82) is 0 Å². The molecule has 0 fully saturated rings. The van der Waals surface area contributed by atoms with E-state index in [0.29, 0.717) is 30.5 Å². The lowest BCUT2D eigenvalue weighted by atomic mass is 10.2. The number of alkyl halides is 2. The molecule has 0 radical (unpaired) electrons. The largest absolute Gasteiger partial charge is 0.369 e. The second-order valence-electron chi connectivity index (χ2n) is 5.32. The Labute approximate surface area is 155 Å². The standard InChI is InChI=1S/C16H18Cl2N4O3/c1-20-11-14(22(24)25)10-15(20)16(23)19-12-2-4-13(5-3-12)21(8-6-17)9-7-18/h2-5,10-11H,6-9H2,1H3,(H,19,23). The van der Waals surface area contributed by atoms with Crippen LogP contribution in [0, 0.1) is 10.1 Å². The maximum Gasteiger partial charge on any atom is 0.287 e. The summed E-state index contributed by atoms with van der Waals surface area (Å²) in [5, 5.41) is 13.5. The Kier molecular flexibility index (Phi) is 6.66. The van der Waals surface area contributed by atoms with E-state index in [1.807, 2.05) is 17.0 Å². The molecule has 0 bridgehead atoms. The zero-order chi connectivity index (χ0) is 18.4. The summed E-state index contributed by atoms with van der Waals surface area (Å²) in [6.07, 6.45) is 1.30. The number of benzene rings is 1. The zero-order valence-electron chi connectivity index (χ0n) is 13.6. The number of aryl methyl sites for hydroxylation is 1. The van der Waals surface area contributed by atoms with Crippen molar-refractivity contribution < 1.29 is 9.72 Å². The molecular weight excluding hydrogens is 367 g/mol. The second kappa shape index (κ2) is 8.73. The van der Waals surface area contributed by atoms with Gasteiger partial charge >= 0.3 is 0 Å². The molecule has 1 heterocycles. The van der Waals surface area contributed by atoms with Gasteiger partial charge in [-0.05, 0) is 24.3 Å². The van der Waals surface area contributed by atoms with Gasteiger partial charge in [-0.3, -0.25) is 14.9 Å². The van der Waals surface area contributed by atoms with Crippen LogP contribution >= 0.6 is 23.2 Å². The summed E-state index contributed by atoms with van der Waals surface area (Å²) >= 11 is 11.6. The predicted octanol–water partition coefficient (Wildman–Crippen LogP) is 3.47. The molecule has 0 aliphatic carbocycles. The number of amides is 1. The Bertz CT molecular complexity index is 740. The molecule has 1 aromatic carbocycles. The highest BCUT2D eigenvalue weighted by Crippen LogP contribution is 2.20. The molecule has 0 saturated heterocycles. The molecule has 1 N–H and O–H groups in total. The van der Waals surface area contributed by atoms with Crippen LogP contribution in [-0.2, 0) is 7.05 Å². The number of halogens is 2. The number of anilines is 2. The monoisotopic (exact) mass is 384 g/mol. The van der Waals surface area contributed by atoms with Crippen molar-refractivity contribution in [3.8, 4) is 0 Å². The smallest absolute Gasteiger partial charge is 0.287 e. The highest BCUT2D eigenvalue weighted by Gasteiger charge is 2.17. The van der Waals surface area contributed by atoms with Gasteiger partial charge in [-0.2, -0.15) is 0 Å². The van der Waals surface area contributed by atoms with Crippen LogP contribution in [0.2, 0.25) is 0 Å². The van der Waals surface area contributed by atoms with E-state index in [9.17, 15) is 14.9 Å². The third-order valence-electron chi connectivity index (χ3n) is 3.63. The van der Waals surface area contributed by atoms with Gasteiger partial charge in [0.25, 0.3) is 11.6 Å². The van der Waals surface area contributed by atoms with E-state index in [2.05, 4.69) is 5.32 Å². The molecule has 25 heavy (non-hydrogen) atoms. The first-order chi connectivity index (χ1) is 12.0. The molecule has 0 aliphatic rings. The second-order valence-corrected chi connectivity index (χ2v) is 6.07. The molecule has 0 atom stereocenters. The van der Waals surface area contributed by atoms with Gasteiger partial charge in [0.15, 0.2) is 0 Å². The molecule has 2 rings (SSSR count). The first-order valence-electron chi connectivity index (χ1n) is 7.55. The van der Waals surface area contributed by atoms with E-state index in [1.54, 1.807) is 19.2 Å². The minimum atomic E-state index is -0.534. The van der Waals surface area contributed by atoms with E-state index in [4.69, 9.17) is 23.2 Å². The molecule has 0 saturated carbocycles. The Morgan fingerprint density at radius 3 is 2.32 bits per heavy atom. The molecule has 7 nitrogen and oxygen atoms in total. The average Bonchev–Trinajstić information content (AvgIpc) is 2.98. The van der Waals surface area contributed by atoms with Gasteiger partial charge in [0.1, 0.15) is 5.69 Å². The predicted molar refractivity (Wildman–Crippen MR) is 100 cm³/mol. The lowest BCUT2D eigenvalue weighted by molar-refractivity contribution is -0.384. The molecular formula is C16H18Cl2N4O3. The molecule has 134 valence electrons. The van der Waals surface area contributed by atoms with E-state index < -0.39 is 10.8 Å². The van der Waals surface area contributed by atoms with Crippen molar-refractivity contribution in [2.45, 2.75) is 0 Å². The summed E-state index contributed by atoms with van der Waals surface area (Å²) in [5.74, 6) is 0.560. The highest BCUT2D eigenvalue weighted by atomic mass is 35.5. The van der Waals surface area contributed by atoms with Crippen molar-refractivity contribution in [2.75, 3.05) is 35.1 Å². The van der Waals surface area contributed by atoms with Crippen LogP contribution in [0.15, 0.2) is 36.5 Å². The van der Waals surface area contributed by atoms with Gasteiger partial charge in [-0.15, -0.1) is 23.2 Å². The summed E-state index contributed by atoms with van der Waals surface area (Å²) in [6, 6.07) is 8.50. The topological polar surface area (TPSA) is 80.4 Å². The number of carbonyl (C=O) groups excluding carboxylic acids is 1. The van der Waals surface area contributed by atoms with Crippen molar-refractivity contribution in [3.05, 3.63) is 52.3 Å². The van der Waals surface area contributed by atoms with Crippen LogP contribution < -0.4 is 10.2 Å². The highest BCUT2D eigenvalue weighted by molar-refractivity contribution is 6.18. The third kappa shape index (κ3) is 4.87. The van der Waals surface area contributed by atoms with Crippen LogP contribution in [-0.4, -0.2) is 40.2 Å². The van der Waals surface area contributed by atoms with E-state index >= 15 is 0 Å². The van der Waals surface area contributed by atoms with Crippen LogP contribution in [0.3, 0.4) is 0 Å². The fourth-order valence-electron chi connectivity index (χ4n) is 2.40. The van der Waals surface area contributed by atoms with Crippen molar-refractivity contribution in [3.63, 3.8) is 0 Å².